The third-order valence-corrected chi connectivity index (χ3v) is 4.77. The molecule has 0 bridgehead atoms. The second kappa shape index (κ2) is 7.88. The van der Waals surface area contributed by atoms with E-state index in [1.807, 2.05) is 11.0 Å². The maximum atomic E-state index is 13.6. The van der Waals surface area contributed by atoms with E-state index in [0.29, 0.717) is 19.8 Å². The summed E-state index contributed by atoms with van der Waals surface area (Å²) in [6, 6.07) is 6.71. The van der Waals surface area contributed by atoms with Crippen LogP contribution in [-0.2, 0) is 9.53 Å². The number of nitrogens with zero attached hydrogens (tertiary/aromatic N) is 2. The molecule has 126 valence electrons. The van der Waals surface area contributed by atoms with E-state index in [2.05, 4.69) is 4.90 Å². The molecule has 1 atom stereocenters. The number of hydrogen-bond acceptors (Lipinski definition) is 3. The van der Waals surface area contributed by atoms with E-state index in [0.717, 1.165) is 50.9 Å². The Hall–Kier alpha value is -1.46. The number of rotatable bonds is 3. The molecule has 0 radical (unpaired) electrons. The van der Waals surface area contributed by atoms with E-state index >= 15 is 0 Å². The lowest BCUT2D eigenvalue weighted by Crippen LogP contribution is -2.45. The van der Waals surface area contributed by atoms with E-state index < -0.39 is 0 Å². The lowest BCUT2D eigenvalue weighted by atomic mass is 10.0. The standard InChI is InChI=1S/C18H25FN2O2/c19-16-6-4-5-15(13-16)17-7-2-1-3-8-21(17)18(22)14-20-9-11-23-12-10-20/h4-6,13,17H,1-3,7-12,14H2/t17-/m1/s1. The lowest BCUT2D eigenvalue weighted by molar-refractivity contribution is -0.135. The third-order valence-electron chi connectivity index (χ3n) is 4.77. The Balaban J connectivity index is 1.73. The Morgan fingerprint density at radius 2 is 2.00 bits per heavy atom. The summed E-state index contributed by atoms with van der Waals surface area (Å²) in [5.74, 6) is -0.0737. The fourth-order valence-electron chi connectivity index (χ4n) is 3.51. The molecular formula is C18H25FN2O2. The van der Waals surface area contributed by atoms with Crippen molar-refractivity contribution in [3.05, 3.63) is 35.6 Å². The molecule has 5 heteroatoms. The average Bonchev–Trinajstić information content (AvgIpc) is 2.82. The van der Waals surface area contributed by atoms with Crippen LogP contribution in [0.1, 0.15) is 37.3 Å². The van der Waals surface area contributed by atoms with Crippen molar-refractivity contribution in [3.63, 3.8) is 0 Å². The van der Waals surface area contributed by atoms with Gasteiger partial charge in [-0.2, -0.15) is 0 Å². The zero-order chi connectivity index (χ0) is 16.1. The van der Waals surface area contributed by atoms with Crippen LogP contribution in [-0.4, -0.2) is 55.1 Å². The first-order valence-corrected chi connectivity index (χ1v) is 8.59. The highest BCUT2D eigenvalue weighted by Crippen LogP contribution is 2.30. The Kier molecular flexibility index (Phi) is 5.62. The number of hydrogen-bond donors (Lipinski definition) is 0. The molecule has 0 saturated carbocycles. The topological polar surface area (TPSA) is 32.8 Å². The average molecular weight is 320 g/mol. The molecular weight excluding hydrogens is 295 g/mol. The number of benzene rings is 1. The summed E-state index contributed by atoms with van der Waals surface area (Å²) < 4.78 is 18.9. The Morgan fingerprint density at radius 3 is 2.78 bits per heavy atom. The van der Waals surface area contributed by atoms with E-state index in [1.54, 1.807) is 12.1 Å². The first kappa shape index (κ1) is 16.4. The first-order chi connectivity index (χ1) is 11.2. The van der Waals surface area contributed by atoms with Crippen molar-refractivity contribution in [1.29, 1.82) is 0 Å². The molecule has 4 nitrogen and oxygen atoms in total. The summed E-state index contributed by atoms with van der Waals surface area (Å²) >= 11 is 0. The fourth-order valence-corrected chi connectivity index (χ4v) is 3.51. The van der Waals surface area contributed by atoms with Crippen molar-refractivity contribution in [2.24, 2.45) is 0 Å². The highest BCUT2D eigenvalue weighted by molar-refractivity contribution is 5.79. The van der Waals surface area contributed by atoms with Crippen LogP contribution in [0.3, 0.4) is 0 Å². The smallest absolute Gasteiger partial charge is 0.237 e. The fraction of sp³-hybridized carbons (Fsp3) is 0.611. The molecule has 1 amide bonds. The van der Waals surface area contributed by atoms with Gasteiger partial charge in [-0.05, 0) is 30.5 Å². The molecule has 1 aromatic carbocycles. The Bertz CT molecular complexity index is 532. The number of likely N-dealkylation sites (tertiary alicyclic amines) is 1. The van der Waals surface area contributed by atoms with Gasteiger partial charge in [0.2, 0.25) is 5.91 Å². The zero-order valence-corrected chi connectivity index (χ0v) is 13.5. The van der Waals surface area contributed by atoms with Crippen molar-refractivity contribution < 1.29 is 13.9 Å². The molecule has 0 unspecified atom stereocenters. The minimum Gasteiger partial charge on any atom is -0.379 e. The molecule has 0 spiro atoms. The maximum Gasteiger partial charge on any atom is 0.237 e. The van der Waals surface area contributed by atoms with E-state index in [9.17, 15) is 9.18 Å². The molecule has 0 N–H and O–H groups in total. The van der Waals surface area contributed by atoms with Gasteiger partial charge in [-0.25, -0.2) is 4.39 Å². The number of carbonyl (C=O) groups excluding carboxylic acids is 1. The molecule has 23 heavy (non-hydrogen) atoms. The lowest BCUT2D eigenvalue weighted by Gasteiger charge is -2.33. The number of amides is 1. The van der Waals surface area contributed by atoms with Crippen LogP contribution in [0.15, 0.2) is 24.3 Å². The van der Waals surface area contributed by atoms with Gasteiger partial charge in [0.25, 0.3) is 0 Å². The molecule has 2 fully saturated rings. The summed E-state index contributed by atoms with van der Waals surface area (Å²) in [5, 5.41) is 0. The SMILES string of the molecule is O=C(CN1CCOCC1)N1CCCCC[C@@H]1c1cccc(F)c1. The van der Waals surface area contributed by atoms with Gasteiger partial charge in [0.1, 0.15) is 5.82 Å². The van der Waals surface area contributed by atoms with E-state index in [4.69, 9.17) is 4.74 Å². The monoisotopic (exact) mass is 320 g/mol. The quantitative estimate of drug-likeness (QED) is 0.858. The maximum absolute atomic E-state index is 13.6. The molecule has 1 aromatic rings. The van der Waals surface area contributed by atoms with E-state index in [1.165, 1.54) is 6.07 Å². The second-order valence-electron chi connectivity index (χ2n) is 6.40. The molecule has 2 saturated heterocycles. The van der Waals surface area contributed by atoms with Gasteiger partial charge < -0.3 is 9.64 Å². The largest absolute Gasteiger partial charge is 0.379 e. The van der Waals surface area contributed by atoms with Crippen molar-refractivity contribution in [2.45, 2.75) is 31.7 Å². The van der Waals surface area contributed by atoms with E-state index in [-0.39, 0.29) is 17.8 Å². The predicted molar refractivity (Wildman–Crippen MR) is 86.6 cm³/mol. The molecule has 2 aliphatic rings. The second-order valence-corrected chi connectivity index (χ2v) is 6.40. The molecule has 3 rings (SSSR count). The highest BCUT2D eigenvalue weighted by Gasteiger charge is 2.28. The van der Waals surface area contributed by atoms with Crippen molar-refractivity contribution in [2.75, 3.05) is 39.4 Å². The van der Waals surface area contributed by atoms with Gasteiger partial charge in [0.05, 0.1) is 25.8 Å². The van der Waals surface area contributed by atoms with Gasteiger partial charge >= 0.3 is 0 Å². The molecule has 2 heterocycles. The van der Waals surface area contributed by atoms with Crippen LogP contribution < -0.4 is 0 Å². The van der Waals surface area contributed by atoms with Crippen LogP contribution in [0.4, 0.5) is 4.39 Å². The van der Waals surface area contributed by atoms with Crippen molar-refractivity contribution in [1.82, 2.24) is 9.80 Å². The number of ether oxygens (including phenoxy) is 1. The first-order valence-electron chi connectivity index (χ1n) is 8.59. The normalized spacial score (nSPS) is 23.5. The third kappa shape index (κ3) is 4.30. The van der Waals surface area contributed by atoms with Gasteiger partial charge in [0.15, 0.2) is 0 Å². The van der Waals surface area contributed by atoms with Crippen molar-refractivity contribution >= 4 is 5.91 Å². The van der Waals surface area contributed by atoms with Crippen LogP contribution in [0.25, 0.3) is 0 Å². The molecule has 0 aliphatic carbocycles. The summed E-state index contributed by atoms with van der Waals surface area (Å²) in [7, 11) is 0. The minimum absolute atomic E-state index is 0.00161. The van der Waals surface area contributed by atoms with Gasteiger partial charge in [-0.1, -0.05) is 25.0 Å². The summed E-state index contributed by atoms with van der Waals surface area (Å²) in [6.07, 6.45) is 4.16. The molecule has 2 aliphatic heterocycles. The highest BCUT2D eigenvalue weighted by atomic mass is 19.1. The number of morpholine rings is 1. The predicted octanol–water partition coefficient (Wildman–Crippen LogP) is 2.60. The minimum atomic E-state index is -0.229. The van der Waals surface area contributed by atoms with Gasteiger partial charge in [-0.3, -0.25) is 9.69 Å². The molecule has 0 aromatic heterocycles. The van der Waals surface area contributed by atoms with Gasteiger partial charge in [-0.15, -0.1) is 0 Å². The van der Waals surface area contributed by atoms with Crippen LogP contribution in [0.2, 0.25) is 0 Å². The Labute approximate surface area is 137 Å². The number of carbonyl (C=O) groups is 1. The summed E-state index contributed by atoms with van der Waals surface area (Å²) in [6.45, 7) is 4.22. The van der Waals surface area contributed by atoms with Crippen LogP contribution in [0.5, 0.6) is 0 Å². The summed E-state index contributed by atoms with van der Waals surface area (Å²) in [4.78, 5) is 17.0. The summed E-state index contributed by atoms with van der Waals surface area (Å²) in [5.41, 5.74) is 0.919. The zero-order valence-electron chi connectivity index (χ0n) is 13.5. The van der Waals surface area contributed by atoms with Crippen LogP contribution in [0, 0.1) is 5.82 Å². The van der Waals surface area contributed by atoms with Crippen LogP contribution >= 0.6 is 0 Å². The van der Waals surface area contributed by atoms with Gasteiger partial charge in [0, 0.05) is 19.6 Å². The Morgan fingerprint density at radius 1 is 1.17 bits per heavy atom. The van der Waals surface area contributed by atoms with Crippen molar-refractivity contribution in [3.8, 4) is 0 Å². The number of halogens is 1.